The number of rotatable bonds is 1. The summed E-state index contributed by atoms with van der Waals surface area (Å²) in [6, 6.07) is 4.03. The Morgan fingerprint density at radius 3 is 2.79 bits per heavy atom. The number of hydrogen-bond donors (Lipinski definition) is 1. The number of hydrogen-bond acceptors (Lipinski definition) is 2. The molecule has 0 aliphatic carbocycles. The van der Waals surface area contributed by atoms with Crippen LogP contribution >= 0.6 is 0 Å². The van der Waals surface area contributed by atoms with Crippen LogP contribution in [-0.4, -0.2) is 11.7 Å². The number of aromatic hydroxyl groups is 1. The third kappa shape index (κ3) is 1.50. The Morgan fingerprint density at radius 1 is 1.36 bits per heavy atom. The van der Waals surface area contributed by atoms with E-state index in [9.17, 15) is 5.11 Å². The summed E-state index contributed by atoms with van der Waals surface area (Å²) in [5.74, 6) is 0.414. The highest BCUT2D eigenvalue weighted by Crippen LogP contribution is 2.36. The fourth-order valence-corrected chi connectivity index (χ4v) is 1.90. The number of benzene rings is 1. The van der Waals surface area contributed by atoms with Gasteiger partial charge in [-0.15, -0.1) is 0 Å². The lowest BCUT2D eigenvalue weighted by Gasteiger charge is -2.14. The Kier molecular flexibility index (Phi) is 2.46. The zero-order valence-electron chi connectivity index (χ0n) is 8.71. The number of aryl methyl sites for hydroxylation is 1. The first-order chi connectivity index (χ1) is 6.70. The molecule has 1 aromatic rings. The smallest absolute Gasteiger partial charge is 0.124 e. The largest absolute Gasteiger partial charge is 0.507 e. The average Bonchev–Trinajstić information content (AvgIpc) is 2.67. The summed E-state index contributed by atoms with van der Waals surface area (Å²) in [4.78, 5) is 0. The Labute approximate surface area is 84.5 Å². The van der Waals surface area contributed by atoms with Gasteiger partial charge in [0.1, 0.15) is 5.75 Å². The maximum Gasteiger partial charge on any atom is 0.124 e. The molecule has 2 rings (SSSR count). The molecule has 1 aliphatic heterocycles. The van der Waals surface area contributed by atoms with E-state index in [0.717, 1.165) is 36.1 Å². The number of ether oxygens (including phenoxy) is 1. The Morgan fingerprint density at radius 2 is 2.14 bits per heavy atom. The van der Waals surface area contributed by atoms with Crippen molar-refractivity contribution in [2.24, 2.45) is 0 Å². The molecule has 1 aromatic carbocycles. The van der Waals surface area contributed by atoms with E-state index in [2.05, 4.69) is 0 Å². The van der Waals surface area contributed by atoms with Crippen LogP contribution in [0.15, 0.2) is 12.1 Å². The standard InChI is InChI=1S/C12H16O2/c1-8-5-6-10(12(13)9(8)2)11-4-3-7-14-11/h5-6,11,13H,3-4,7H2,1-2H3. The Hall–Kier alpha value is -1.02. The second-order valence-corrected chi connectivity index (χ2v) is 3.95. The predicted octanol–water partition coefficient (Wildman–Crippen LogP) is 2.86. The Balaban J connectivity index is 2.38. The van der Waals surface area contributed by atoms with Gasteiger partial charge in [-0.2, -0.15) is 0 Å². The van der Waals surface area contributed by atoms with Crippen molar-refractivity contribution in [1.29, 1.82) is 0 Å². The van der Waals surface area contributed by atoms with Crippen LogP contribution < -0.4 is 0 Å². The van der Waals surface area contributed by atoms with Crippen molar-refractivity contribution in [2.75, 3.05) is 6.61 Å². The molecular weight excluding hydrogens is 176 g/mol. The third-order valence-electron chi connectivity index (χ3n) is 3.01. The minimum Gasteiger partial charge on any atom is -0.507 e. The summed E-state index contributed by atoms with van der Waals surface area (Å²) < 4.78 is 5.55. The van der Waals surface area contributed by atoms with E-state index < -0.39 is 0 Å². The van der Waals surface area contributed by atoms with E-state index >= 15 is 0 Å². The van der Waals surface area contributed by atoms with Crippen molar-refractivity contribution in [2.45, 2.75) is 32.8 Å². The predicted molar refractivity (Wildman–Crippen MR) is 55.5 cm³/mol. The van der Waals surface area contributed by atoms with Gasteiger partial charge in [-0.1, -0.05) is 12.1 Å². The second kappa shape index (κ2) is 3.62. The molecule has 0 spiro atoms. The monoisotopic (exact) mass is 192 g/mol. The van der Waals surface area contributed by atoms with E-state index in [-0.39, 0.29) is 6.10 Å². The molecule has 76 valence electrons. The van der Waals surface area contributed by atoms with Gasteiger partial charge in [0.05, 0.1) is 6.10 Å². The third-order valence-corrected chi connectivity index (χ3v) is 3.01. The van der Waals surface area contributed by atoms with Gasteiger partial charge in [-0.3, -0.25) is 0 Å². The summed E-state index contributed by atoms with van der Waals surface area (Å²) in [5, 5.41) is 9.96. The fraction of sp³-hybridized carbons (Fsp3) is 0.500. The molecule has 1 unspecified atom stereocenters. The van der Waals surface area contributed by atoms with Crippen LogP contribution in [-0.2, 0) is 4.74 Å². The molecule has 14 heavy (non-hydrogen) atoms. The fourth-order valence-electron chi connectivity index (χ4n) is 1.90. The summed E-state index contributed by atoms with van der Waals surface area (Å²) in [5.41, 5.74) is 3.05. The van der Waals surface area contributed by atoms with Gasteiger partial charge in [0.2, 0.25) is 0 Å². The molecular formula is C12H16O2. The first-order valence-electron chi connectivity index (χ1n) is 5.11. The van der Waals surface area contributed by atoms with Gasteiger partial charge in [0, 0.05) is 12.2 Å². The summed E-state index contributed by atoms with van der Waals surface area (Å²) in [6.07, 6.45) is 2.22. The molecule has 1 aliphatic rings. The topological polar surface area (TPSA) is 29.5 Å². The highest BCUT2D eigenvalue weighted by atomic mass is 16.5. The van der Waals surface area contributed by atoms with Crippen LogP contribution in [0.3, 0.4) is 0 Å². The van der Waals surface area contributed by atoms with Crippen molar-refractivity contribution >= 4 is 0 Å². The lowest BCUT2D eigenvalue weighted by Crippen LogP contribution is -1.98. The maximum absolute atomic E-state index is 9.96. The molecule has 2 nitrogen and oxygen atoms in total. The van der Waals surface area contributed by atoms with Crippen LogP contribution in [0.4, 0.5) is 0 Å². The van der Waals surface area contributed by atoms with Crippen molar-refractivity contribution in [3.05, 3.63) is 28.8 Å². The van der Waals surface area contributed by atoms with E-state index in [4.69, 9.17) is 4.74 Å². The van der Waals surface area contributed by atoms with Gasteiger partial charge in [-0.05, 0) is 37.8 Å². The number of phenols is 1. The van der Waals surface area contributed by atoms with Crippen LogP contribution in [0.1, 0.15) is 35.6 Å². The minimum absolute atomic E-state index is 0.106. The second-order valence-electron chi connectivity index (χ2n) is 3.95. The van der Waals surface area contributed by atoms with E-state index in [1.165, 1.54) is 0 Å². The van der Waals surface area contributed by atoms with Crippen LogP contribution in [0.5, 0.6) is 5.75 Å². The Bertz CT molecular complexity index is 338. The lowest BCUT2D eigenvalue weighted by atomic mass is 9.99. The molecule has 0 aromatic heterocycles. The highest BCUT2D eigenvalue weighted by molar-refractivity contribution is 5.45. The van der Waals surface area contributed by atoms with E-state index in [1.807, 2.05) is 26.0 Å². The van der Waals surface area contributed by atoms with Gasteiger partial charge in [0.25, 0.3) is 0 Å². The van der Waals surface area contributed by atoms with Crippen molar-refractivity contribution in [1.82, 2.24) is 0 Å². The average molecular weight is 192 g/mol. The normalized spacial score (nSPS) is 21.4. The molecule has 1 saturated heterocycles. The first-order valence-corrected chi connectivity index (χ1v) is 5.11. The SMILES string of the molecule is Cc1ccc(C2CCCO2)c(O)c1C. The molecule has 1 heterocycles. The molecule has 1 fully saturated rings. The zero-order valence-corrected chi connectivity index (χ0v) is 8.71. The molecule has 1 N–H and O–H groups in total. The zero-order chi connectivity index (χ0) is 10.1. The van der Waals surface area contributed by atoms with Crippen LogP contribution in [0.25, 0.3) is 0 Å². The summed E-state index contributed by atoms with van der Waals surface area (Å²) in [7, 11) is 0. The van der Waals surface area contributed by atoms with E-state index in [0.29, 0.717) is 5.75 Å². The van der Waals surface area contributed by atoms with Gasteiger partial charge < -0.3 is 9.84 Å². The number of phenolic OH excluding ortho intramolecular Hbond substituents is 1. The maximum atomic E-state index is 9.96. The van der Waals surface area contributed by atoms with Gasteiger partial charge >= 0.3 is 0 Å². The van der Waals surface area contributed by atoms with Crippen molar-refractivity contribution in [3.8, 4) is 5.75 Å². The summed E-state index contributed by atoms with van der Waals surface area (Å²) >= 11 is 0. The first kappa shape index (κ1) is 9.53. The van der Waals surface area contributed by atoms with Crippen LogP contribution in [0.2, 0.25) is 0 Å². The minimum atomic E-state index is 0.106. The molecule has 0 bridgehead atoms. The quantitative estimate of drug-likeness (QED) is 0.741. The van der Waals surface area contributed by atoms with Crippen molar-refractivity contribution in [3.63, 3.8) is 0 Å². The molecule has 2 heteroatoms. The molecule has 0 radical (unpaired) electrons. The van der Waals surface area contributed by atoms with Gasteiger partial charge in [0.15, 0.2) is 0 Å². The highest BCUT2D eigenvalue weighted by Gasteiger charge is 2.21. The van der Waals surface area contributed by atoms with Crippen molar-refractivity contribution < 1.29 is 9.84 Å². The molecule has 0 saturated carbocycles. The molecule has 0 amide bonds. The van der Waals surface area contributed by atoms with Crippen LogP contribution in [0, 0.1) is 13.8 Å². The lowest BCUT2D eigenvalue weighted by molar-refractivity contribution is 0.109. The summed E-state index contributed by atoms with van der Waals surface area (Å²) in [6.45, 7) is 4.77. The van der Waals surface area contributed by atoms with Gasteiger partial charge in [-0.25, -0.2) is 0 Å². The molecule has 1 atom stereocenters. The van der Waals surface area contributed by atoms with E-state index in [1.54, 1.807) is 0 Å².